The van der Waals surface area contributed by atoms with E-state index in [0.29, 0.717) is 0 Å². The molecule has 2 aromatic heterocycles. The fraction of sp³-hybridized carbons (Fsp3) is 0.333. The second-order valence-electron chi connectivity index (χ2n) is 3.77. The number of hydrogen-bond donors (Lipinski definition) is 2. The molecule has 0 spiro atoms. The molecule has 0 radical (unpaired) electrons. The molecule has 0 saturated heterocycles. The van der Waals surface area contributed by atoms with Gasteiger partial charge in [0.1, 0.15) is 0 Å². The normalized spacial score (nSPS) is 10.6. The van der Waals surface area contributed by atoms with E-state index in [4.69, 9.17) is 0 Å². The number of pyridine rings is 1. The molecule has 0 aliphatic heterocycles. The van der Waals surface area contributed by atoms with Gasteiger partial charge in [0.2, 0.25) is 0 Å². The highest BCUT2D eigenvalue weighted by atomic mass is 15.1. The summed E-state index contributed by atoms with van der Waals surface area (Å²) in [6.45, 7) is 3.82. The van der Waals surface area contributed by atoms with Crippen LogP contribution in [0.3, 0.4) is 0 Å². The van der Waals surface area contributed by atoms with Crippen LogP contribution < -0.4 is 5.32 Å². The highest BCUT2D eigenvalue weighted by Gasteiger charge is 1.99. The van der Waals surface area contributed by atoms with E-state index in [-0.39, 0.29) is 0 Å². The predicted molar refractivity (Wildman–Crippen MR) is 63.0 cm³/mol. The van der Waals surface area contributed by atoms with E-state index >= 15 is 0 Å². The van der Waals surface area contributed by atoms with Crippen LogP contribution in [0.15, 0.2) is 30.6 Å². The number of hydrogen-bond acceptors (Lipinski definition) is 3. The monoisotopic (exact) mass is 216 g/mol. The molecule has 0 atom stereocenters. The Kier molecular flexibility index (Phi) is 3.66. The van der Waals surface area contributed by atoms with Crippen LogP contribution in [0, 0.1) is 6.92 Å². The molecule has 0 unspecified atom stereocenters. The average Bonchev–Trinajstić information content (AvgIpc) is 2.72. The summed E-state index contributed by atoms with van der Waals surface area (Å²) in [7, 11) is 0. The van der Waals surface area contributed by atoms with Crippen molar-refractivity contribution >= 4 is 0 Å². The van der Waals surface area contributed by atoms with Gasteiger partial charge in [0.05, 0.1) is 6.20 Å². The smallest absolute Gasteiger partial charge is 0.0535 e. The van der Waals surface area contributed by atoms with E-state index in [2.05, 4.69) is 20.5 Å². The maximum atomic E-state index is 4.27. The maximum Gasteiger partial charge on any atom is 0.0535 e. The molecule has 4 nitrogen and oxygen atoms in total. The highest BCUT2D eigenvalue weighted by molar-refractivity contribution is 5.13. The Morgan fingerprint density at radius 3 is 3.00 bits per heavy atom. The fourth-order valence-corrected chi connectivity index (χ4v) is 1.54. The standard InChI is InChI=1S/C12H16N4/c1-10-11(9-15-16-10)8-13-7-5-12-4-2-3-6-14-12/h2-4,6,9,13H,5,7-8H2,1H3,(H,15,16). The molecule has 0 saturated carbocycles. The van der Waals surface area contributed by atoms with Gasteiger partial charge in [-0.1, -0.05) is 6.07 Å². The summed E-state index contributed by atoms with van der Waals surface area (Å²) in [6.07, 6.45) is 4.65. The maximum absolute atomic E-state index is 4.27. The third-order valence-corrected chi connectivity index (χ3v) is 2.53. The van der Waals surface area contributed by atoms with E-state index in [1.54, 1.807) is 0 Å². The van der Waals surface area contributed by atoms with Crippen molar-refractivity contribution in [3.05, 3.63) is 47.5 Å². The molecular weight excluding hydrogens is 200 g/mol. The third kappa shape index (κ3) is 2.90. The first-order chi connectivity index (χ1) is 7.86. The number of H-pyrrole nitrogens is 1. The SMILES string of the molecule is Cc1[nH]ncc1CNCCc1ccccn1. The second kappa shape index (κ2) is 5.42. The quantitative estimate of drug-likeness (QED) is 0.744. The van der Waals surface area contributed by atoms with Crippen molar-refractivity contribution < 1.29 is 0 Å². The van der Waals surface area contributed by atoms with E-state index in [9.17, 15) is 0 Å². The zero-order valence-corrected chi connectivity index (χ0v) is 9.40. The summed E-state index contributed by atoms with van der Waals surface area (Å²) in [5, 5.41) is 10.3. The summed E-state index contributed by atoms with van der Waals surface area (Å²) in [4.78, 5) is 4.27. The lowest BCUT2D eigenvalue weighted by Crippen LogP contribution is -2.17. The van der Waals surface area contributed by atoms with Crippen LogP contribution in [0.1, 0.15) is 17.0 Å². The zero-order chi connectivity index (χ0) is 11.2. The van der Waals surface area contributed by atoms with Crippen molar-refractivity contribution in [3.63, 3.8) is 0 Å². The van der Waals surface area contributed by atoms with Crippen molar-refractivity contribution in [3.8, 4) is 0 Å². The fourth-order valence-electron chi connectivity index (χ4n) is 1.54. The third-order valence-electron chi connectivity index (χ3n) is 2.53. The van der Waals surface area contributed by atoms with Gasteiger partial charge in [0.25, 0.3) is 0 Å². The Morgan fingerprint density at radius 1 is 1.38 bits per heavy atom. The minimum Gasteiger partial charge on any atom is -0.312 e. The molecule has 0 aliphatic rings. The van der Waals surface area contributed by atoms with E-state index in [1.165, 1.54) is 5.56 Å². The van der Waals surface area contributed by atoms with Gasteiger partial charge in [-0.05, 0) is 19.1 Å². The van der Waals surface area contributed by atoms with Crippen LogP contribution in [0.5, 0.6) is 0 Å². The molecule has 0 bridgehead atoms. The van der Waals surface area contributed by atoms with Crippen LogP contribution in [0.25, 0.3) is 0 Å². The van der Waals surface area contributed by atoms with Gasteiger partial charge in [-0.3, -0.25) is 10.1 Å². The Labute approximate surface area is 95.1 Å². The van der Waals surface area contributed by atoms with Crippen LogP contribution in [-0.4, -0.2) is 21.7 Å². The van der Waals surface area contributed by atoms with Gasteiger partial charge >= 0.3 is 0 Å². The van der Waals surface area contributed by atoms with Gasteiger partial charge in [-0.2, -0.15) is 5.10 Å². The minimum absolute atomic E-state index is 0.856. The number of aromatic nitrogens is 3. The molecular formula is C12H16N4. The lowest BCUT2D eigenvalue weighted by molar-refractivity contribution is 0.678. The van der Waals surface area contributed by atoms with Gasteiger partial charge in [-0.25, -0.2) is 0 Å². The first kappa shape index (κ1) is 10.8. The molecule has 2 rings (SSSR count). The number of aromatic amines is 1. The zero-order valence-electron chi connectivity index (χ0n) is 9.40. The van der Waals surface area contributed by atoms with Crippen molar-refractivity contribution in [1.82, 2.24) is 20.5 Å². The second-order valence-corrected chi connectivity index (χ2v) is 3.77. The highest BCUT2D eigenvalue weighted by Crippen LogP contribution is 2.01. The average molecular weight is 216 g/mol. The largest absolute Gasteiger partial charge is 0.312 e. The van der Waals surface area contributed by atoms with Crippen molar-refractivity contribution in [1.29, 1.82) is 0 Å². The molecule has 0 fully saturated rings. The van der Waals surface area contributed by atoms with Crippen LogP contribution in [0.2, 0.25) is 0 Å². The van der Waals surface area contributed by atoms with E-state index < -0.39 is 0 Å². The molecule has 4 heteroatoms. The van der Waals surface area contributed by atoms with Crippen molar-refractivity contribution in [2.45, 2.75) is 19.9 Å². The lowest BCUT2D eigenvalue weighted by atomic mass is 10.2. The van der Waals surface area contributed by atoms with Gasteiger partial charge in [0, 0.05) is 42.7 Å². The first-order valence-electron chi connectivity index (χ1n) is 5.46. The molecule has 2 aromatic rings. The molecule has 2 heterocycles. The number of nitrogens with zero attached hydrogens (tertiary/aromatic N) is 2. The summed E-state index contributed by atoms with van der Waals surface area (Å²) < 4.78 is 0. The van der Waals surface area contributed by atoms with Crippen molar-refractivity contribution in [2.24, 2.45) is 0 Å². The van der Waals surface area contributed by atoms with Crippen LogP contribution >= 0.6 is 0 Å². The number of nitrogens with one attached hydrogen (secondary N) is 2. The molecule has 2 N–H and O–H groups in total. The molecule has 0 amide bonds. The summed E-state index contributed by atoms with van der Waals surface area (Å²) >= 11 is 0. The minimum atomic E-state index is 0.856. The summed E-state index contributed by atoms with van der Waals surface area (Å²) in [5.74, 6) is 0. The van der Waals surface area contributed by atoms with Gasteiger partial charge in [-0.15, -0.1) is 0 Å². The van der Waals surface area contributed by atoms with Crippen LogP contribution in [0.4, 0.5) is 0 Å². The van der Waals surface area contributed by atoms with E-state index in [0.717, 1.165) is 30.9 Å². The molecule has 0 aromatic carbocycles. The summed E-state index contributed by atoms with van der Waals surface area (Å²) in [5.41, 5.74) is 3.48. The molecule has 84 valence electrons. The first-order valence-corrected chi connectivity index (χ1v) is 5.46. The lowest BCUT2D eigenvalue weighted by Gasteiger charge is -2.03. The molecule has 0 aliphatic carbocycles. The topological polar surface area (TPSA) is 53.6 Å². The van der Waals surface area contributed by atoms with Crippen molar-refractivity contribution in [2.75, 3.05) is 6.54 Å². The number of aryl methyl sites for hydroxylation is 1. The predicted octanol–water partition coefficient (Wildman–Crippen LogP) is 1.45. The Balaban J connectivity index is 1.72. The summed E-state index contributed by atoms with van der Waals surface area (Å²) in [6, 6.07) is 6.00. The Morgan fingerprint density at radius 2 is 2.31 bits per heavy atom. The van der Waals surface area contributed by atoms with Crippen LogP contribution in [-0.2, 0) is 13.0 Å². The van der Waals surface area contributed by atoms with E-state index in [1.807, 2.05) is 37.5 Å². The molecule has 16 heavy (non-hydrogen) atoms. The van der Waals surface area contributed by atoms with Gasteiger partial charge < -0.3 is 5.32 Å². The van der Waals surface area contributed by atoms with Gasteiger partial charge in [0.15, 0.2) is 0 Å². The number of rotatable bonds is 5. The Hall–Kier alpha value is -1.68. The Bertz CT molecular complexity index is 422.